The maximum absolute atomic E-state index is 14.3. The van der Waals surface area contributed by atoms with Gasteiger partial charge in [0.2, 0.25) is 11.8 Å². The Morgan fingerprint density at radius 3 is 2.22 bits per heavy atom. The molecule has 0 saturated carbocycles. The van der Waals surface area contributed by atoms with E-state index in [0.717, 1.165) is 27.7 Å². The monoisotopic (exact) mass is 1300 g/mol. The number of methoxy groups -OCH3 is 1. The number of pyridine rings is 1. The minimum Gasteiger partial charge on any atom is -0.466 e. The predicted octanol–water partition coefficient (Wildman–Crippen LogP) is 8.14. The largest absolute Gasteiger partial charge is 0.466 e. The highest BCUT2D eigenvalue weighted by Gasteiger charge is 2.35. The highest BCUT2D eigenvalue weighted by molar-refractivity contribution is 7.15. The third-order valence-electron chi connectivity index (χ3n) is 12.5. The van der Waals surface area contributed by atoms with Crippen LogP contribution >= 0.6 is 68.0 Å². The lowest BCUT2D eigenvalue weighted by Gasteiger charge is -2.28. The average Bonchev–Trinajstić information content (AvgIpc) is 1.91. The molecule has 26 nitrogen and oxygen atoms in total. The van der Waals surface area contributed by atoms with Crippen LogP contribution in [0, 0.1) is 12.8 Å². The Hall–Kier alpha value is -8.37. The lowest BCUT2D eigenvalue weighted by atomic mass is 10.0. The number of aromatic nitrogens is 7. The van der Waals surface area contributed by atoms with Crippen LogP contribution in [-0.2, 0) is 40.0 Å². The van der Waals surface area contributed by atoms with Crippen molar-refractivity contribution in [1.82, 2.24) is 66.6 Å². The van der Waals surface area contributed by atoms with Crippen molar-refractivity contribution in [2.45, 2.75) is 85.2 Å². The van der Waals surface area contributed by atoms with Gasteiger partial charge in [-0.3, -0.25) is 49.4 Å². The summed E-state index contributed by atoms with van der Waals surface area (Å²) in [6, 6.07) is 9.27. The molecule has 0 saturated heterocycles. The van der Waals surface area contributed by atoms with Crippen LogP contribution in [0.3, 0.4) is 0 Å². The van der Waals surface area contributed by atoms with Crippen LogP contribution in [0.2, 0.25) is 0 Å². The summed E-state index contributed by atoms with van der Waals surface area (Å²) in [6.07, 6.45) is -0.539. The predicted molar refractivity (Wildman–Crippen MR) is 329 cm³/mol. The number of hydrazine groups is 2. The molecule has 6 amide bonds. The maximum atomic E-state index is 14.3. The maximum Gasteiger partial charge on any atom is 0.333 e. The van der Waals surface area contributed by atoms with Crippen molar-refractivity contribution in [3.05, 3.63) is 111 Å². The first-order valence-corrected chi connectivity index (χ1v) is 31.7. The van der Waals surface area contributed by atoms with Crippen molar-refractivity contribution in [2.75, 3.05) is 32.7 Å². The second kappa shape index (κ2) is 29.8. The van der Waals surface area contributed by atoms with Crippen LogP contribution in [-0.4, -0.2) is 115 Å². The van der Waals surface area contributed by atoms with Gasteiger partial charge >= 0.3 is 18.0 Å². The second-order valence-electron chi connectivity index (χ2n) is 19.1. The molecule has 8 N–H and O–H groups in total. The highest BCUT2D eigenvalue weighted by Crippen LogP contribution is 2.41. The summed E-state index contributed by atoms with van der Waals surface area (Å²) in [6.45, 7) is 10.2. The van der Waals surface area contributed by atoms with Crippen LogP contribution < -0.4 is 38.0 Å². The molecule has 0 bridgehead atoms. The third kappa shape index (κ3) is 16.2. The SMILES string of the molecule is CCOC(=O)CCNC(=O)NNc1csc(-c2ccc(-c3nc(C(=O)N[C@@H](CC(=O)NC)c4nc(C(=O)N(N)[C@H](c5nc(C=O)c(COC)s5)C(C)C)c(C)s4)cs3)c(-c3csc(-c4csc([C@@H](NC(C)=O)[C@@H](OC(C)=O)c5ccccc5)n4)n3)n2)n1. The number of ether oxygens (including phenoxy) is 3. The van der Waals surface area contributed by atoms with Gasteiger partial charge in [-0.25, -0.2) is 45.5 Å². The molecule has 0 spiro atoms. The first kappa shape index (κ1) is 64.6. The number of rotatable bonds is 27. The van der Waals surface area contributed by atoms with Crippen LogP contribution in [0.25, 0.3) is 43.4 Å². The van der Waals surface area contributed by atoms with Gasteiger partial charge in [-0.2, -0.15) is 0 Å². The fraction of sp³-hybridized carbons (Fsp3) is 0.327. The Bertz CT molecular complexity index is 3780. The minimum absolute atomic E-state index is 0.00211. The van der Waals surface area contributed by atoms with E-state index in [4.69, 9.17) is 40.0 Å². The fourth-order valence-electron chi connectivity index (χ4n) is 8.53. The van der Waals surface area contributed by atoms with Crippen molar-refractivity contribution < 1.29 is 52.6 Å². The lowest BCUT2D eigenvalue weighted by molar-refractivity contribution is -0.149. The van der Waals surface area contributed by atoms with E-state index in [0.29, 0.717) is 80.8 Å². The summed E-state index contributed by atoms with van der Waals surface area (Å²) >= 11 is 7.22. The normalized spacial score (nSPS) is 12.5. The Labute approximate surface area is 522 Å². The molecule has 456 valence electrons. The molecule has 7 aromatic heterocycles. The zero-order valence-electron chi connectivity index (χ0n) is 47.9. The number of hydrogen-bond acceptors (Lipinski definition) is 26. The van der Waals surface area contributed by atoms with Crippen molar-refractivity contribution in [2.24, 2.45) is 11.8 Å². The Balaban J connectivity index is 1.09. The number of nitrogens with zero attached hydrogens (tertiary/aromatic N) is 8. The number of amides is 6. The number of anilines is 1. The quantitative estimate of drug-likeness (QED) is 0.00839. The molecule has 0 fully saturated rings. The van der Waals surface area contributed by atoms with Gasteiger partial charge in [0.15, 0.2) is 18.2 Å². The minimum atomic E-state index is -1.03. The van der Waals surface area contributed by atoms with Gasteiger partial charge in [0.05, 0.1) is 42.7 Å². The van der Waals surface area contributed by atoms with Crippen LogP contribution in [0.15, 0.2) is 64.0 Å². The van der Waals surface area contributed by atoms with Gasteiger partial charge < -0.3 is 35.5 Å². The summed E-state index contributed by atoms with van der Waals surface area (Å²) in [5.41, 5.74) is 8.19. The Morgan fingerprint density at radius 2 is 1.52 bits per heavy atom. The number of aldehydes is 1. The molecule has 0 unspecified atom stereocenters. The van der Waals surface area contributed by atoms with Gasteiger partial charge in [0.1, 0.15) is 76.3 Å². The molecule has 0 aliphatic carbocycles. The van der Waals surface area contributed by atoms with E-state index in [-0.39, 0.29) is 66.5 Å². The topological polar surface area (TPSA) is 356 Å². The van der Waals surface area contributed by atoms with Gasteiger partial charge in [0, 0.05) is 66.5 Å². The van der Waals surface area contributed by atoms with E-state index in [2.05, 4.69) is 47.1 Å². The van der Waals surface area contributed by atoms with E-state index in [9.17, 15) is 38.4 Å². The molecular formula is C55H59N15O11S6. The van der Waals surface area contributed by atoms with E-state index >= 15 is 0 Å². The smallest absolute Gasteiger partial charge is 0.333 e. The van der Waals surface area contributed by atoms with Crippen LogP contribution in [0.4, 0.5) is 10.6 Å². The lowest BCUT2D eigenvalue weighted by Crippen LogP contribution is -2.43. The van der Waals surface area contributed by atoms with Gasteiger partial charge in [0.25, 0.3) is 11.8 Å². The first-order chi connectivity index (χ1) is 41.8. The molecule has 4 atom stereocenters. The number of carbonyl (C=O) groups is 8. The molecule has 0 aliphatic heterocycles. The second-order valence-corrected chi connectivity index (χ2v) is 24.9. The first-order valence-electron chi connectivity index (χ1n) is 26.6. The fourth-order valence-corrected chi connectivity index (χ4v) is 14.0. The van der Waals surface area contributed by atoms with E-state index in [1.165, 1.54) is 73.4 Å². The highest BCUT2D eigenvalue weighted by atomic mass is 32.1. The molecule has 0 radical (unpaired) electrons. The van der Waals surface area contributed by atoms with Crippen LogP contribution in [0.1, 0.15) is 133 Å². The number of carbonyl (C=O) groups excluding carboxylic acids is 8. The third-order valence-corrected chi connectivity index (χ3v) is 18.2. The number of hydrogen-bond donors (Lipinski definition) is 7. The number of urea groups is 1. The standard InChI is InChI=1S/C55H59N15O11S6/c1-9-80-41(75)17-18-58-55(78)69-68-39-25-85-49(66-39)32-16-15-31(43(60-32)35-22-83-50(63-35)37-24-84-52(65-37)44(59-28(5)72)46(81-29(6)73)30-13-11-10-12-14-30)48-64-36(23-82-48)47(76)61-33(19-40(74)57-7)51-67-42(27(4)86-51)54(77)70(56)45(26(2)3)53-62-34(20-71)38(87-53)21-79-8/h10-16,20,22-26,33,44-46,68H,9,17-19,21,56H2,1-8H3,(H,57,74)(H,59,72)(H,61,76)(H2,58,69,78)/t33-,44-,45-,46-/m0/s1. The molecule has 87 heavy (non-hydrogen) atoms. The van der Waals surface area contributed by atoms with Crippen molar-refractivity contribution in [3.63, 3.8) is 0 Å². The molecular weight excluding hydrogens is 1240 g/mol. The summed E-state index contributed by atoms with van der Waals surface area (Å²) in [4.78, 5) is 137. The Kier molecular flexibility index (Phi) is 22.2. The van der Waals surface area contributed by atoms with E-state index in [1.54, 1.807) is 71.8 Å². The number of nitrogens with one attached hydrogen (secondary N) is 6. The number of nitrogens with two attached hydrogens (primary N) is 1. The molecule has 7 heterocycles. The summed E-state index contributed by atoms with van der Waals surface area (Å²) in [5, 5.41) is 21.2. The molecule has 8 aromatic rings. The van der Waals surface area contributed by atoms with Gasteiger partial charge in [-0.1, -0.05) is 44.2 Å². The van der Waals surface area contributed by atoms with Gasteiger partial charge in [-0.05, 0) is 37.5 Å². The molecule has 0 aliphatic rings. The number of aryl methyl sites for hydroxylation is 1. The summed E-state index contributed by atoms with van der Waals surface area (Å²) < 4.78 is 15.9. The van der Waals surface area contributed by atoms with Crippen molar-refractivity contribution in [3.8, 4) is 43.4 Å². The molecule has 8 rings (SSSR count). The molecule has 32 heteroatoms. The van der Waals surface area contributed by atoms with Crippen LogP contribution in [0.5, 0.6) is 0 Å². The van der Waals surface area contributed by atoms with Crippen molar-refractivity contribution in [1.29, 1.82) is 0 Å². The van der Waals surface area contributed by atoms with Crippen molar-refractivity contribution >= 4 is 122 Å². The number of benzene rings is 1. The summed E-state index contributed by atoms with van der Waals surface area (Å²) in [5.74, 6) is 3.54. The average molecular weight is 1300 g/mol. The molecule has 1 aromatic carbocycles. The number of thiazole rings is 6. The van der Waals surface area contributed by atoms with E-state index < -0.39 is 59.9 Å². The number of esters is 2. The summed E-state index contributed by atoms with van der Waals surface area (Å²) in [7, 11) is 2.95. The van der Waals surface area contributed by atoms with E-state index in [1.807, 2.05) is 19.9 Å². The Morgan fingerprint density at radius 1 is 0.782 bits per heavy atom. The zero-order chi connectivity index (χ0) is 62.5. The zero-order valence-corrected chi connectivity index (χ0v) is 52.8. The van der Waals surface area contributed by atoms with Gasteiger partial charge in [-0.15, -0.1) is 68.0 Å².